The zero-order valence-corrected chi connectivity index (χ0v) is 11.6. The molecule has 2 saturated heterocycles. The molecule has 1 N–H and O–H groups in total. The number of nitrogens with one attached hydrogen (secondary N) is 1. The molecule has 102 valence electrons. The number of benzene rings is 1. The number of carbonyl (C=O) groups is 1. The molecule has 0 spiro atoms. The lowest BCUT2D eigenvalue weighted by molar-refractivity contribution is -0.141. The quantitative estimate of drug-likeness (QED) is 0.882. The summed E-state index contributed by atoms with van der Waals surface area (Å²) in [5.74, 6) is 0.565. The van der Waals surface area contributed by atoms with Crippen molar-refractivity contribution in [2.75, 3.05) is 19.6 Å². The fourth-order valence-corrected chi connectivity index (χ4v) is 3.03. The van der Waals surface area contributed by atoms with E-state index < -0.39 is 0 Å². The van der Waals surface area contributed by atoms with E-state index in [2.05, 4.69) is 41.4 Å². The topological polar surface area (TPSA) is 32.3 Å². The lowest BCUT2D eigenvalue weighted by Crippen LogP contribution is -2.53. The van der Waals surface area contributed by atoms with E-state index in [-0.39, 0.29) is 5.92 Å². The van der Waals surface area contributed by atoms with Crippen LogP contribution in [0.25, 0.3) is 0 Å². The van der Waals surface area contributed by atoms with Crippen molar-refractivity contribution in [3.05, 3.63) is 35.4 Å². The Hall–Kier alpha value is -1.35. The number of carbonyl (C=O) groups excluding carboxylic acids is 1. The van der Waals surface area contributed by atoms with Crippen LogP contribution in [0.3, 0.4) is 0 Å². The van der Waals surface area contributed by atoms with Gasteiger partial charge in [0.2, 0.25) is 5.91 Å². The second-order valence-electron chi connectivity index (χ2n) is 5.81. The Morgan fingerprint density at radius 1 is 1.21 bits per heavy atom. The number of likely N-dealkylation sites (tertiary alicyclic amines) is 1. The van der Waals surface area contributed by atoms with Gasteiger partial charge in [0.1, 0.15) is 0 Å². The highest BCUT2D eigenvalue weighted by Gasteiger charge is 2.34. The molecule has 2 fully saturated rings. The second kappa shape index (κ2) is 5.33. The van der Waals surface area contributed by atoms with Crippen molar-refractivity contribution >= 4 is 5.91 Å². The van der Waals surface area contributed by atoms with Gasteiger partial charge in [-0.1, -0.05) is 29.8 Å². The molecule has 0 saturated carbocycles. The Kier molecular flexibility index (Phi) is 3.56. The molecule has 1 unspecified atom stereocenters. The third-order valence-corrected chi connectivity index (χ3v) is 4.38. The summed E-state index contributed by atoms with van der Waals surface area (Å²) in [6, 6.07) is 8.96. The van der Waals surface area contributed by atoms with Crippen LogP contribution in [0.1, 0.15) is 36.4 Å². The van der Waals surface area contributed by atoms with E-state index >= 15 is 0 Å². The minimum Gasteiger partial charge on any atom is -0.335 e. The number of hydrogen-bond acceptors (Lipinski definition) is 2. The van der Waals surface area contributed by atoms with Crippen LogP contribution in [0.2, 0.25) is 0 Å². The summed E-state index contributed by atoms with van der Waals surface area (Å²) in [5, 5.41) is 3.20. The largest absolute Gasteiger partial charge is 0.335 e. The molecule has 1 aromatic rings. The first-order chi connectivity index (χ1) is 9.25. The summed E-state index contributed by atoms with van der Waals surface area (Å²) in [7, 11) is 0. The van der Waals surface area contributed by atoms with Gasteiger partial charge in [-0.05, 0) is 31.7 Å². The van der Waals surface area contributed by atoms with Gasteiger partial charge in [0.05, 0.1) is 12.0 Å². The highest BCUT2D eigenvalue weighted by Crippen LogP contribution is 2.32. The summed E-state index contributed by atoms with van der Waals surface area (Å²) in [6.07, 6.45) is 3.48. The Morgan fingerprint density at radius 3 is 2.58 bits per heavy atom. The van der Waals surface area contributed by atoms with E-state index in [0.717, 1.165) is 32.5 Å². The predicted octanol–water partition coefficient (Wildman–Crippen LogP) is 2.27. The van der Waals surface area contributed by atoms with Crippen molar-refractivity contribution < 1.29 is 4.79 Å². The van der Waals surface area contributed by atoms with Gasteiger partial charge in [0, 0.05) is 19.6 Å². The van der Waals surface area contributed by atoms with E-state index in [9.17, 15) is 4.79 Å². The molecule has 2 aliphatic rings. The Bertz CT molecular complexity index is 450. The Labute approximate surface area is 115 Å². The van der Waals surface area contributed by atoms with Crippen LogP contribution in [-0.4, -0.2) is 30.4 Å². The van der Waals surface area contributed by atoms with E-state index in [0.29, 0.717) is 11.9 Å². The smallest absolute Gasteiger partial charge is 0.228 e. The Balaban J connectivity index is 1.80. The van der Waals surface area contributed by atoms with Crippen molar-refractivity contribution in [1.29, 1.82) is 0 Å². The van der Waals surface area contributed by atoms with Crippen LogP contribution < -0.4 is 5.32 Å². The predicted molar refractivity (Wildman–Crippen MR) is 75.8 cm³/mol. The van der Waals surface area contributed by atoms with E-state index in [4.69, 9.17) is 0 Å². The monoisotopic (exact) mass is 258 g/mol. The second-order valence-corrected chi connectivity index (χ2v) is 5.81. The minimum atomic E-state index is 0.214. The van der Waals surface area contributed by atoms with Crippen LogP contribution in [-0.2, 0) is 4.79 Å². The molecule has 2 aliphatic heterocycles. The average Bonchev–Trinajstić information content (AvgIpc) is 2.37. The summed E-state index contributed by atoms with van der Waals surface area (Å²) in [4.78, 5) is 14.6. The minimum absolute atomic E-state index is 0.214. The highest BCUT2D eigenvalue weighted by atomic mass is 16.2. The summed E-state index contributed by atoms with van der Waals surface area (Å²) >= 11 is 0. The molecule has 3 heteroatoms. The van der Waals surface area contributed by atoms with Crippen molar-refractivity contribution in [2.24, 2.45) is 5.92 Å². The van der Waals surface area contributed by atoms with Gasteiger partial charge in [-0.25, -0.2) is 0 Å². The first kappa shape index (κ1) is 12.7. The molecule has 2 heterocycles. The maximum atomic E-state index is 12.5. The molecular formula is C16H22N2O. The standard InChI is InChI=1S/C16H22N2O/c1-12-5-7-13(8-6-12)15-4-2-3-9-18(15)16(19)14-10-17-11-14/h5-8,14-15,17H,2-4,9-11H2,1H3. The van der Waals surface area contributed by atoms with E-state index in [1.54, 1.807) is 0 Å². The van der Waals surface area contributed by atoms with Crippen LogP contribution in [0.5, 0.6) is 0 Å². The van der Waals surface area contributed by atoms with E-state index in [1.807, 2.05) is 0 Å². The highest BCUT2D eigenvalue weighted by molar-refractivity contribution is 5.80. The Morgan fingerprint density at radius 2 is 1.95 bits per heavy atom. The fraction of sp³-hybridized carbons (Fsp3) is 0.562. The van der Waals surface area contributed by atoms with Crippen molar-refractivity contribution in [3.63, 3.8) is 0 Å². The van der Waals surface area contributed by atoms with Crippen LogP contribution in [0, 0.1) is 12.8 Å². The molecule has 0 aromatic heterocycles. The normalized spacial score (nSPS) is 24.1. The van der Waals surface area contributed by atoms with Crippen molar-refractivity contribution in [1.82, 2.24) is 10.2 Å². The number of piperidine rings is 1. The first-order valence-electron chi connectivity index (χ1n) is 7.33. The van der Waals surface area contributed by atoms with Gasteiger partial charge in [0.15, 0.2) is 0 Å². The summed E-state index contributed by atoms with van der Waals surface area (Å²) < 4.78 is 0. The SMILES string of the molecule is Cc1ccc(C2CCCCN2C(=O)C2CNC2)cc1. The van der Waals surface area contributed by atoms with Gasteiger partial charge in [-0.3, -0.25) is 4.79 Å². The third-order valence-electron chi connectivity index (χ3n) is 4.38. The molecule has 19 heavy (non-hydrogen) atoms. The maximum absolute atomic E-state index is 12.5. The summed E-state index contributed by atoms with van der Waals surface area (Å²) in [5.41, 5.74) is 2.58. The van der Waals surface area contributed by atoms with Gasteiger partial charge >= 0.3 is 0 Å². The third kappa shape index (κ3) is 2.52. The zero-order valence-electron chi connectivity index (χ0n) is 11.6. The maximum Gasteiger partial charge on any atom is 0.228 e. The molecule has 3 nitrogen and oxygen atoms in total. The zero-order chi connectivity index (χ0) is 13.2. The van der Waals surface area contributed by atoms with Gasteiger partial charge < -0.3 is 10.2 Å². The van der Waals surface area contributed by atoms with Crippen molar-refractivity contribution in [2.45, 2.75) is 32.2 Å². The number of hydrogen-bond donors (Lipinski definition) is 1. The fourth-order valence-electron chi connectivity index (χ4n) is 3.03. The van der Waals surface area contributed by atoms with Crippen molar-refractivity contribution in [3.8, 4) is 0 Å². The average molecular weight is 258 g/mol. The molecule has 1 aromatic carbocycles. The molecule has 1 atom stereocenters. The molecule has 3 rings (SSSR count). The van der Waals surface area contributed by atoms with Crippen LogP contribution >= 0.6 is 0 Å². The number of nitrogens with zero attached hydrogens (tertiary/aromatic N) is 1. The molecule has 0 aliphatic carbocycles. The van der Waals surface area contributed by atoms with Crippen LogP contribution in [0.4, 0.5) is 0 Å². The lowest BCUT2D eigenvalue weighted by atomic mass is 9.92. The number of aryl methyl sites for hydroxylation is 1. The number of amides is 1. The number of rotatable bonds is 2. The lowest BCUT2D eigenvalue weighted by Gasteiger charge is -2.40. The molecule has 0 bridgehead atoms. The van der Waals surface area contributed by atoms with Gasteiger partial charge in [-0.15, -0.1) is 0 Å². The first-order valence-corrected chi connectivity index (χ1v) is 7.33. The van der Waals surface area contributed by atoms with E-state index in [1.165, 1.54) is 17.5 Å². The molecular weight excluding hydrogens is 236 g/mol. The van der Waals surface area contributed by atoms with Gasteiger partial charge in [-0.2, -0.15) is 0 Å². The summed E-state index contributed by atoms with van der Waals surface area (Å²) in [6.45, 7) is 4.74. The molecule has 0 radical (unpaired) electrons. The van der Waals surface area contributed by atoms with Gasteiger partial charge in [0.25, 0.3) is 0 Å². The van der Waals surface area contributed by atoms with Crippen LogP contribution in [0.15, 0.2) is 24.3 Å². The molecule has 1 amide bonds.